The van der Waals surface area contributed by atoms with Gasteiger partial charge in [-0.25, -0.2) is 4.99 Å². The quantitative estimate of drug-likeness (QED) is 0.459. The van der Waals surface area contributed by atoms with Gasteiger partial charge in [-0.05, 0) is 66.9 Å². The number of hydrogen-bond donors (Lipinski definition) is 1. The molecule has 3 aromatic rings. The molecule has 1 N–H and O–H groups in total. The van der Waals surface area contributed by atoms with E-state index in [-0.39, 0.29) is 30.1 Å². The van der Waals surface area contributed by atoms with E-state index < -0.39 is 0 Å². The number of nitrogens with zero attached hydrogens (tertiary/aromatic N) is 2. The third kappa shape index (κ3) is 5.13. The topological polar surface area (TPSA) is 80.2 Å². The number of amidine groups is 1. The Labute approximate surface area is 213 Å². The fourth-order valence-corrected chi connectivity index (χ4v) is 4.64. The van der Waals surface area contributed by atoms with E-state index in [1.165, 1.54) is 17.3 Å². The lowest BCUT2D eigenvalue weighted by Crippen LogP contribution is -2.31. The maximum Gasteiger partial charge on any atom is 0.283 e. The number of thioether (sulfide) groups is 1. The summed E-state index contributed by atoms with van der Waals surface area (Å²) in [5, 5.41) is 3.36. The Morgan fingerprint density at radius 1 is 1.06 bits per heavy atom. The summed E-state index contributed by atoms with van der Waals surface area (Å²) in [6.07, 6.45) is 2.66. The number of rotatable bonds is 6. The summed E-state index contributed by atoms with van der Waals surface area (Å²) in [6.45, 7) is 4.25. The summed E-state index contributed by atoms with van der Waals surface area (Å²) in [5.41, 5.74) is 4.78. The van der Waals surface area contributed by atoms with E-state index in [9.17, 15) is 9.59 Å². The third-order valence-corrected chi connectivity index (χ3v) is 6.74. The van der Waals surface area contributed by atoms with Crippen LogP contribution in [0.25, 0.3) is 6.08 Å². The van der Waals surface area contributed by atoms with Gasteiger partial charge in [0.1, 0.15) is 5.70 Å². The van der Waals surface area contributed by atoms with Crippen LogP contribution in [0.2, 0.25) is 0 Å². The van der Waals surface area contributed by atoms with Gasteiger partial charge in [-0.2, -0.15) is 0 Å². The molecule has 0 spiro atoms. The van der Waals surface area contributed by atoms with Crippen LogP contribution in [0.5, 0.6) is 11.5 Å². The van der Waals surface area contributed by atoms with Crippen LogP contribution in [-0.2, 0) is 16.0 Å². The highest BCUT2D eigenvalue weighted by Gasteiger charge is 2.32. The minimum Gasteiger partial charge on any atom is -0.454 e. The summed E-state index contributed by atoms with van der Waals surface area (Å²) >= 11 is 1.22. The number of aryl methyl sites for hydroxylation is 2. The average molecular weight is 500 g/mol. The second-order valence-corrected chi connectivity index (χ2v) is 9.34. The number of ether oxygens (including phenoxy) is 2. The fourth-order valence-electron chi connectivity index (χ4n) is 3.83. The Bertz CT molecular complexity index is 1360. The number of carbonyl (C=O) groups is 2. The highest BCUT2D eigenvalue weighted by molar-refractivity contribution is 8.14. The first-order valence-corrected chi connectivity index (χ1v) is 12.6. The lowest BCUT2D eigenvalue weighted by molar-refractivity contribution is -0.114. The fraction of sp³-hybridized carbons (Fsp3) is 0.179. The zero-order valence-corrected chi connectivity index (χ0v) is 20.8. The van der Waals surface area contributed by atoms with Crippen molar-refractivity contribution in [1.29, 1.82) is 0 Å². The van der Waals surface area contributed by atoms with Crippen LogP contribution in [-0.4, -0.2) is 29.5 Å². The van der Waals surface area contributed by atoms with Gasteiger partial charge in [0.2, 0.25) is 12.7 Å². The largest absolute Gasteiger partial charge is 0.454 e. The van der Waals surface area contributed by atoms with Gasteiger partial charge >= 0.3 is 0 Å². The van der Waals surface area contributed by atoms with Gasteiger partial charge in [-0.1, -0.05) is 54.6 Å². The molecule has 0 bridgehead atoms. The maximum absolute atomic E-state index is 13.4. The third-order valence-electron chi connectivity index (χ3n) is 5.80. The van der Waals surface area contributed by atoms with Crippen molar-refractivity contribution < 1.29 is 19.1 Å². The summed E-state index contributed by atoms with van der Waals surface area (Å²) < 4.78 is 10.8. The Morgan fingerprint density at radius 3 is 2.56 bits per heavy atom. The smallest absolute Gasteiger partial charge is 0.283 e. The van der Waals surface area contributed by atoms with Crippen molar-refractivity contribution in [3.63, 3.8) is 0 Å². The molecule has 0 aromatic heterocycles. The van der Waals surface area contributed by atoms with Gasteiger partial charge in [0.05, 0.1) is 11.4 Å². The molecular formula is C28H25N3O4S. The molecule has 2 amide bonds. The normalized spacial score (nSPS) is 15.4. The van der Waals surface area contributed by atoms with Gasteiger partial charge in [-0.15, -0.1) is 0 Å². The number of anilines is 2. The monoisotopic (exact) mass is 499 g/mol. The first kappa shape index (κ1) is 23.7. The molecular weight excluding hydrogens is 474 g/mol. The standard InChI is InChI=1S/C28H25N3O4S/c1-3-19-6-9-21(10-7-19)29-26(32)16-36-28-30-23(14-20-8-13-24-25(15-20)35-17-34-24)27(33)31(28)22-11-4-18(2)5-12-22/h4-15H,3,16-17H2,1-2H3,(H,29,32). The van der Waals surface area contributed by atoms with E-state index in [4.69, 9.17) is 9.47 Å². The van der Waals surface area contributed by atoms with E-state index >= 15 is 0 Å². The zero-order chi connectivity index (χ0) is 25.1. The molecule has 3 aromatic carbocycles. The Balaban J connectivity index is 1.36. The summed E-state index contributed by atoms with van der Waals surface area (Å²) in [5.74, 6) is 0.992. The van der Waals surface area contributed by atoms with Crippen LogP contribution in [0.1, 0.15) is 23.6 Å². The number of fused-ring (bicyclic) bond motifs is 1. The number of hydrogen-bond acceptors (Lipinski definition) is 6. The van der Waals surface area contributed by atoms with Gasteiger partial charge in [0.25, 0.3) is 5.91 Å². The van der Waals surface area contributed by atoms with Crippen molar-refractivity contribution in [3.8, 4) is 11.5 Å². The predicted octanol–water partition coefficient (Wildman–Crippen LogP) is 5.40. The molecule has 0 atom stereocenters. The SMILES string of the molecule is CCc1ccc(NC(=O)CSC2=NC(=Cc3ccc4c(c3)OCO4)C(=O)N2c2ccc(C)cc2)cc1. The minimum atomic E-state index is -0.255. The number of benzene rings is 3. The molecule has 0 saturated carbocycles. The molecule has 0 fully saturated rings. The average Bonchev–Trinajstić information content (AvgIpc) is 3.48. The molecule has 182 valence electrons. The minimum absolute atomic E-state index is 0.112. The van der Waals surface area contributed by atoms with Crippen LogP contribution < -0.4 is 19.7 Å². The molecule has 2 aliphatic heterocycles. The molecule has 2 aliphatic rings. The lowest BCUT2D eigenvalue weighted by Gasteiger charge is -2.18. The number of amides is 2. The van der Waals surface area contributed by atoms with Crippen LogP contribution in [0, 0.1) is 6.92 Å². The Hall–Kier alpha value is -4.04. The summed E-state index contributed by atoms with van der Waals surface area (Å²) in [7, 11) is 0. The van der Waals surface area contributed by atoms with Crippen molar-refractivity contribution in [2.24, 2.45) is 4.99 Å². The van der Waals surface area contributed by atoms with Crippen molar-refractivity contribution in [1.82, 2.24) is 0 Å². The van der Waals surface area contributed by atoms with Crippen LogP contribution in [0.3, 0.4) is 0 Å². The molecule has 0 aliphatic carbocycles. The molecule has 0 radical (unpaired) electrons. The maximum atomic E-state index is 13.4. The van der Waals surface area contributed by atoms with Gasteiger partial charge < -0.3 is 14.8 Å². The Morgan fingerprint density at radius 2 is 1.81 bits per heavy atom. The van der Waals surface area contributed by atoms with E-state index in [1.54, 1.807) is 11.0 Å². The second-order valence-electron chi connectivity index (χ2n) is 8.40. The van der Waals surface area contributed by atoms with Crippen molar-refractivity contribution >= 4 is 46.2 Å². The van der Waals surface area contributed by atoms with E-state index in [0.717, 1.165) is 23.2 Å². The molecule has 0 saturated heterocycles. The predicted molar refractivity (Wildman–Crippen MR) is 144 cm³/mol. The molecule has 5 rings (SSSR count). The van der Waals surface area contributed by atoms with Crippen LogP contribution >= 0.6 is 11.8 Å². The van der Waals surface area contributed by atoms with Crippen LogP contribution in [0.4, 0.5) is 11.4 Å². The second kappa shape index (κ2) is 10.3. The lowest BCUT2D eigenvalue weighted by atomic mass is 10.1. The first-order valence-electron chi connectivity index (χ1n) is 11.6. The van der Waals surface area contributed by atoms with Gasteiger partial charge in [-0.3, -0.25) is 14.5 Å². The number of nitrogens with one attached hydrogen (secondary N) is 1. The molecule has 0 unspecified atom stereocenters. The Kier molecular flexibility index (Phi) is 6.77. The van der Waals surface area contributed by atoms with Gasteiger partial charge in [0, 0.05) is 5.69 Å². The molecule has 8 heteroatoms. The molecule has 2 heterocycles. The van der Waals surface area contributed by atoms with Crippen molar-refractivity contribution in [2.45, 2.75) is 20.3 Å². The van der Waals surface area contributed by atoms with E-state index in [0.29, 0.717) is 22.4 Å². The molecule has 7 nitrogen and oxygen atoms in total. The highest BCUT2D eigenvalue weighted by atomic mass is 32.2. The van der Waals surface area contributed by atoms with E-state index in [2.05, 4.69) is 17.2 Å². The van der Waals surface area contributed by atoms with Crippen molar-refractivity contribution in [3.05, 3.63) is 89.1 Å². The highest BCUT2D eigenvalue weighted by Crippen LogP contribution is 2.34. The summed E-state index contributed by atoms with van der Waals surface area (Å²) in [6, 6.07) is 20.9. The van der Waals surface area contributed by atoms with Crippen LogP contribution in [0.15, 0.2) is 77.4 Å². The first-order chi connectivity index (χ1) is 17.5. The van der Waals surface area contributed by atoms with E-state index in [1.807, 2.05) is 73.7 Å². The number of carbonyl (C=O) groups excluding carboxylic acids is 2. The molecule has 36 heavy (non-hydrogen) atoms. The number of aliphatic imine (C=N–C) groups is 1. The van der Waals surface area contributed by atoms with Crippen molar-refractivity contribution in [2.75, 3.05) is 22.8 Å². The van der Waals surface area contributed by atoms with Gasteiger partial charge in [0.15, 0.2) is 16.7 Å². The summed E-state index contributed by atoms with van der Waals surface area (Å²) in [4.78, 5) is 32.2. The zero-order valence-electron chi connectivity index (χ0n) is 20.0.